The molecule has 3 heteroatoms. The predicted molar refractivity (Wildman–Crippen MR) is 69.7 cm³/mol. The monoisotopic (exact) mass is 234 g/mol. The van der Waals surface area contributed by atoms with Crippen molar-refractivity contribution in [2.24, 2.45) is 0 Å². The fraction of sp³-hybridized carbons (Fsp3) is 0.429. The van der Waals surface area contributed by atoms with Gasteiger partial charge in [0.05, 0.1) is 0 Å². The standard InChI is InChI=1S/C14H19FN2/c1-10(2)17(3)8-7-11-9-16-13-6-4-5-12(15)14(11)13/h4-6,9-10,16H,7-8H2,1-3H3. The molecule has 0 saturated heterocycles. The third kappa shape index (κ3) is 2.50. The minimum Gasteiger partial charge on any atom is -0.361 e. The van der Waals surface area contributed by atoms with Crippen LogP contribution in [0.3, 0.4) is 0 Å². The molecule has 0 aliphatic heterocycles. The van der Waals surface area contributed by atoms with Crippen molar-refractivity contribution in [3.8, 4) is 0 Å². The molecule has 0 unspecified atom stereocenters. The fourth-order valence-electron chi connectivity index (χ4n) is 1.96. The number of aromatic nitrogens is 1. The Hall–Kier alpha value is -1.35. The predicted octanol–water partition coefficient (Wildman–Crippen LogP) is 3.19. The molecule has 2 aromatic rings. The van der Waals surface area contributed by atoms with Gasteiger partial charge in [0.25, 0.3) is 0 Å². The van der Waals surface area contributed by atoms with E-state index in [2.05, 4.69) is 30.8 Å². The Labute approximate surface area is 101 Å². The first-order valence-electron chi connectivity index (χ1n) is 6.04. The Morgan fingerprint density at radius 3 is 2.82 bits per heavy atom. The first kappa shape index (κ1) is 12.1. The number of hydrogen-bond acceptors (Lipinski definition) is 1. The Kier molecular flexibility index (Phi) is 3.48. The summed E-state index contributed by atoms with van der Waals surface area (Å²) in [6.45, 7) is 5.27. The van der Waals surface area contributed by atoms with E-state index in [0.29, 0.717) is 6.04 Å². The summed E-state index contributed by atoms with van der Waals surface area (Å²) < 4.78 is 13.7. The average Bonchev–Trinajstić information content (AvgIpc) is 2.70. The minimum absolute atomic E-state index is 0.133. The van der Waals surface area contributed by atoms with Crippen LogP contribution in [0.5, 0.6) is 0 Å². The number of nitrogens with zero attached hydrogens (tertiary/aromatic N) is 1. The van der Waals surface area contributed by atoms with E-state index in [1.807, 2.05) is 12.3 Å². The van der Waals surface area contributed by atoms with E-state index in [-0.39, 0.29) is 5.82 Å². The molecule has 0 saturated carbocycles. The van der Waals surface area contributed by atoms with Crippen LogP contribution in [0.4, 0.5) is 4.39 Å². The van der Waals surface area contributed by atoms with Crippen molar-refractivity contribution in [1.82, 2.24) is 9.88 Å². The van der Waals surface area contributed by atoms with Gasteiger partial charge < -0.3 is 9.88 Å². The number of nitrogens with one attached hydrogen (secondary N) is 1. The van der Waals surface area contributed by atoms with Gasteiger partial charge in [-0.15, -0.1) is 0 Å². The Balaban J connectivity index is 2.19. The molecule has 92 valence electrons. The minimum atomic E-state index is -0.133. The van der Waals surface area contributed by atoms with Gasteiger partial charge in [-0.05, 0) is 45.0 Å². The van der Waals surface area contributed by atoms with Gasteiger partial charge >= 0.3 is 0 Å². The number of benzene rings is 1. The maximum atomic E-state index is 13.7. The topological polar surface area (TPSA) is 19.0 Å². The van der Waals surface area contributed by atoms with Crippen LogP contribution in [-0.4, -0.2) is 29.5 Å². The highest BCUT2D eigenvalue weighted by Crippen LogP contribution is 2.22. The summed E-state index contributed by atoms with van der Waals surface area (Å²) in [6.07, 6.45) is 2.79. The third-order valence-corrected chi connectivity index (χ3v) is 3.35. The zero-order chi connectivity index (χ0) is 12.4. The van der Waals surface area contributed by atoms with E-state index < -0.39 is 0 Å². The molecule has 0 fully saturated rings. The summed E-state index contributed by atoms with van der Waals surface area (Å²) >= 11 is 0. The summed E-state index contributed by atoms with van der Waals surface area (Å²) in [5.74, 6) is -0.133. The van der Waals surface area contributed by atoms with Gasteiger partial charge in [0.15, 0.2) is 0 Å². The highest BCUT2D eigenvalue weighted by atomic mass is 19.1. The Morgan fingerprint density at radius 2 is 2.12 bits per heavy atom. The summed E-state index contributed by atoms with van der Waals surface area (Å²) in [7, 11) is 2.09. The van der Waals surface area contributed by atoms with E-state index in [9.17, 15) is 4.39 Å². The highest BCUT2D eigenvalue weighted by Gasteiger charge is 2.10. The van der Waals surface area contributed by atoms with Crippen molar-refractivity contribution in [2.75, 3.05) is 13.6 Å². The molecule has 0 spiro atoms. The van der Waals surface area contributed by atoms with Gasteiger partial charge in [0.2, 0.25) is 0 Å². The normalized spacial score (nSPS) is 11.9. The number of likely N-dealkylation sites (N-methyl/N-ethyl adjacent to an activating group) is 1. The lowest BCUT2D eigenvalue weighted by atomic mass is 10.1. The van der Waals surface area contributed by atoms with Crippen LogP contribution in [0, 0.1) is 5.82 Å². The van der Waals surface area contributed by atoms with Gasteiger partial charge in [-0.1, -0.05) is 6.07 Å². The van der Waals surface area contributed by atoms with E-state index in [0.717, 1.165) is 29.4 Å². The summed E-state index contributed by atoms with van der Waals surface area (Å²) in [6, 6.07) is 5.68. The summed E-state index contributed by atoms with van der Waals surface area (Å²) in [4.78, 5) is 5.39. The maximum absolute atomic E-state index is 13.7. The molecule has 0 atom stereocenters. The van der Waals surface area contributed by atoms with E-state index in [1.165, 1.54) is 6.07 Å². The highest BCUT2D eigenvalue weighted by molar-refractivity contribution is 5.83. The van der Waals surface area contributed by atoms with Crippen LogP contribution in [0.15, 0.2) is 24.4 Å². The molecule has 1 N–H and O–H groups in total. The quantitative estimate of drug-likeness (QED) is 0.860. The average molecular weight is 234 g/mol. The lowest BCUT2D eigenvalue weighted by Crippen LogP contribution is -2.28. The number of hydrogen-bond donors (Lipinski definition) is 1. The number of rotatable bonds is 4. The van der Waals surface area contributed by atoms with Gasteiger partial charge in [-0.25, -0.2) is 4.39 Å². The fourth-order valence-corrected chi connectivity index (χ4v) is 1.96. The molecule has 0 aliphatic rings. The number of fused-ring (bicyclic) bond motifs is 1. The number of H-pyrrole nitrogens is 1. The van der Waals surface area contributed by atoms with Gasteiger partial charge in [-0.2, -0.15) is 0 Å². The zero-order valence-electron chi connectivity index (χ0n) is 10.6. The summed E-state index contributed by atoms with van der Waals surface area (Å²) in [5.41, 5.74) is 1.94. The molecule has 0 aliphatic carbocycles. The van der Waals surface area contributed by atoms with Crippen molar-refractivity contribution < 1.29 is 4.39 Å². The largest absolute Gasteiger partial charge is 0.361 e. The molecule has 1 heterocycles. The lowest BCUT2D eigenvalue weighted by molar-refractivity contribution is 0.278. The van der Waals surface area contributed by atoms with Crippen LogP contribution in [0.1, 0.15) is 19.4 Å². The van der Waals surface area contributed by atoms with Crippen molar-refractivity contribution in [3.05, 3.63) is 35.8 Å². The molecule has 17 heavy (non-hydrogen) atoms. The molecular weight excluding hydrogens is 215 g/mol. The van der Waals surface area contributed by atoms with Crippen molar-refractivity contribution in [2.45, 2.75) is 26.3 Å². The van der Waals surface area contributed by atoms with Gasteiger partial charge in [0, 0.05) is 29.7 Å². The second kappa shape index (κ2) is 4.88. The second-order valence-electron chi connectivity index (χ2n) is 4.80. The van der Waals surface area contributed by atoms with Crippen LogP contribution >= 0.6 is 0 Å². The zero-order valence-corrected chi connectivity index (χ0v) is 10.6. The maximum Gasteiger partial charge on any atom is 0.132 e. The molecule has 1 aromatic heterocycles. The van der Waals surface area contributed by atoms with E-state index in [1.54, 1.807) is 6.07 Å². The van der Waals surface area contributed by atoms with Gasteiger partial charge in [0.1, 0.15) is 5.82 Å². The molecule has 0 bridgehead atoms. The van der Waals surface area contributed by atoms with Crippen LogP contribution in [0.2, 0.25) is 0 Å². The van der Waals surface area contributed by atoms with Crippen LogP contribution in [0.25, 0.3) is 10.9 Å². The molecular formula is C14H19FN2. The molecule has 2 rings (SSSR count). The van der Waals surface area contributed by atoms with Crippen molar-refractivity contribution >= 4 is 10.9 Å². The SMILES string of the molecule is CC(C)N(C)CCc1c[nH]c2cccc(F)c12. The molecule has 2 nitrogen and oxygen atoms in total. The molecule has 0 amide bonds. The molecule has 0 radical (unpaired) electrons. The first-order chi connectivity index (χ1) is 8.09. The second-order valence-corrected chi connectivity index (χ2v) is 4.80. The Morgan fingerprint density at radius 1 is 1.35 bits per heavy atom. The van der Waals surface area contributed by atoms with Gasteiger partial charge in [-0.3, -0.25) is 0 Å². The lowest BCUT2D eigenvalue weighted by Gasteiger charge is -2.20. The van der Waals surface area contributed by atoms with Crippen molar-refractivity contribution in [3.63, 3.8) is 0 Å². The van der Waals surface area contributed by atoms with Crippen molar-refractivity contribution in [1.29, 1.82) is 0 Å². The first-order valence-corrected chi connectivity index (χ1v) is 6.04. The van der Waals surface area contributed by atoms with E-state index in [4.69, 9.17) is 0 Å². The third-order valence-electron chi connectivity index (χ3n) is 3.35. The summed E-state index contributed by atoms with van der Waals surface area (Å²) in [5, 5.41) is 0.740. The number of aromatic amines is 1. The van der Waals surface area contributed by atoms with E-state index >= 15 is 0 Å². The van der Waals surface area contributed by atoms with Crippen LogP contribution < -0.4 is 0 Å². The smallest absolute Gasteiger partial charge is 0.132 e. The molecule has 1 aromatic carbocycles. The van der Waals surface area contributed by atoms with Crippen LogP contribution in [-0.2, 0) is 6.42 Å². The number of halogens is 1. The Bertz CT molecular complexity index is 502.